The van der Waals surface area contributed by atoms with Crippen LogP contribution < -0.4 is 0 Å². The van der Waals surface area contributed by atoms with Crippen LogP contribution in [0.15, 0.2) is 24.3 Å². The number of carboxylic acid groups (broad SMARTS) is 1. The van der Waals surface area contributed by atoms with Gasteiger partial charge in [0.15, 0.2) is 0 Å². The van der Waals surface area contributed by atoms with Crippen LogP contribution in [0, 0.1) is 17.8 Å². The van der Waals surface area contributed by atoms with E-state index in [9.17, 15) is 9.90 Å². The van der Waals surface area contributed by atoms with Crippen LogP contribution in [0.3, 0.4) is 0 Å². The van der Waals surface area contributed by atoms with Gasteiger partial charge in [-0.15, -0.1) is 0 Å². The summed E-state index contributed by atoms with van der Waals surface area (Å²) in [6, 6.07) is 7.86. The van der Waals surface area contributed by atoms with Gasteiger partial charge in [0.05, 0.1) is 12.5 Å². The Kier molecular flexibility index (Phi) is 7.40. The van der Waals surface area contributed by atoms with Gasteiger partial charge in [-0.1, -0.05) is 68.6 Å². The lowest BCUT2D eigenvalue weighted by Crippen LogP contribution is -2.25. The molecule has 148 valence electrons. The SMILES string of the molecule is BC1CCC(C2CCC(CCc3ccc(C(O)CC(=O)O)cc3)CC2)CC1. The smallest absolute Gasteiger partial charge is 0.306 e. The molecule has 1 aromatic carbocycles. The Bertz CT molecular complexity index is 584. The van der Waals surface area contributed by atoms with Crippen molar-refractivity contribution >= 4 is 13.8 Å². The van der Waals surface area contributed by atoms with Crippen LogP contribution in [0.5, 0.6) is 0 Å². The molecular formula is C23H35BO3. The zero-order chi connectivity index (χ0) is 19.2. The molecule has 0 bridgehead atoms. The van der Waals surface area contributed by atoms with Crippen LogP contribution in [0.25, 0.3) is 0 Å². The van der Waals surface area contributed by atoms with Crippen molar-refractivity contribution in [1.82, 2.24) is 0 Å². The van der Waals surface area contributed by atoms with E-state index in [1.54, 1.807) is 0 Å². The number of benzene rings is 1. The summed E-state index contributed by atoms with van der Waals surface area (Å²) in [5, 5.41) is 18.7. The fraction of sp³-hybridized carbons (Fsp3) is 0.696. The first-order valence-corrected chi connectivity index (χ1v) is 11.0. The third-order valence-corrected chi connectivity index (χ3v) is 7.19. The highest BCUT2D eigenvalue weighted by molar-refractivity contribution is 6.11. The second-order valence-corrected chi connectivity index (χ2v) is 9.19. The molecule has 0 aliphatic heterocycles. The van der Waals surface area contributed by atoms with Gasteiger partial charge in [-0.3, -0.25) is 4.79 Å². The average molecular weight is 370 g/mol. The van der Waals surface area contributed by atoms with E-state index < -0.39 is 12.1 Å². The lowest BCUT2D eigenvalue weighted by atomic mass is 9.65. The number of carbonyl (C=O) groups is 1. The van der Waals surface area contributed by atoms with Crippen molar-refractivity contribution < 1.29 is 15.0 Å². The largest absolute Gasteiger partial charge is 0.481 e. The molecule has 1 atom stereocenters. The molecule has 27 heavy (non-hydrogen) atoms. The molecule has 1 aromatic rings. The Balaban J connectivity index is 1.39. The maximum absolute atomic E-state index is 10.7. The van der Waals surface area contributed by atoms with Gasteiger partial charge in [-0.05, 0) is 54.6 Å². The first kappa shape index (κ1) is 20.4. The van der Waals surface area contributed by atoms with E-state index in [0.29, 0.717) is 5.56 Å². The maximum atomic E-state index is 10.7. The van der Waals surface area contributed by atoms with Crippen molar-refractivity contribution in [3.63, 3.8) is 0 Å². The summed E-state index contributed by atoms with van der Waals surface area (Å²) in [7, 11) is 2.41. The fourth-order valence-electron chi connectivity index (χ4n) is 5.27. The topological polar surface area (TPSA) is 57.5 Å². The third kappa shape index (κ3) is 6.10. The molecule has 0 aromatic heterocycles. The van der Waals surface area contributed by atoms with E-state index in [1.807, 2.05) is 12.1 Å². The predicted molar refractivity (Wildman–Crippen MR) is 112 cm³/mol. The predicted octanol–water partition coefficient (Wildman–Crippen LogP) is 4.55. The van der Waals surface area contributed by atoms with Gasteiger partial charge in [0.25, 0.3) is 0 Å². The summed E-state index contributed by atoms with van der Waals surface area (Å²) < 4.78 is 0. The number of aliphatic hydroxyl groups is 1. The lowest BCUT2D eigenvalue weighted by Gasteiger charge is -2.37. The second kappa shape index (κ2) is 9.77. The van der Waals surface area contributed by atoms with Gasteiger partial charge in [0.2, 0.25) is 0 Å². The molecule has 2 aliphatic carbocycles. The first-order valence-electron chi connectivity index (χ1n) is 11.0. The van der Waals surface area contributed by atoms with Crippen molar-refractivity contribution in [2.75, 3.05) is 0 Å². The Labute approximate surface area is 165 Å². The quantitative estimate of drug-likeness (QED) is 0.693. The van der Waals surface area contributed by atoms with Crippen LogP contribution in [-0.4, -0.2) is 24.0 Å². The minimum absolute atomic E-state index is 0.234. The highest BCUT2D eigenvalue weighted by atomic mass is 16.4. The van der Waals surface area contributed by atoms with Gasteiger partial charge in [-0.2, -0.15) is 0 Å². The fourth-order valence-corrected chi connectivity index (χ4v) is 5.27. The molecule has 1 unspecified atom stereocenters. The zero-order valence-electron chi connectivity index (χ0n) is 16.8. The van der Waals surface area contributed by atoms with E-state index >= 15 is 0 Å². The van der Waals surface area contributed by atoms with Crippen molar-refractivity contribution in [2.24, 2.45) is 17.8 Å². The molecule has 2 N–H and O–H groups in total. The summed E-state index contributed by atoms with van der Waals surface area (Å²) in [5.41, 5.74) is 1.99. The van der Waals surface area contributed by atoms with Crippen LogP contribution >= 0.6 is 0 Å². The zero-order valence-corrected chi connectivity index (χ0v) is 16.8. The van der Waals surface area contributed by atoms with E-state index in [0.717, 1.165) is 30.0 Å². The summed E-state index contributed by atoms with van der Waals surface area (Å²) >= 11 is 0. The molecule has 0 saturated heterocycles. The van der Waals surface area contributed by atoms with Crippen molar-refractivity contribution in [1.29, 1.82) is 0 Å². The number of aliphatic carboxylic acids is 1. The summed E-state index contributed by atoms with van der Waals surface area (Å²) in [6.07, 6.45) is 12.7. The lowest BCUT2D eigenvalue weighted by molar-refractivity contribution is -0.139. The van der Waals surface area contributed by atoms with Gasteiger partial charge in [0, 0.05) is 0 Å². The molecule has 2 fully saturated rings. The summed E-state index contributed by atoms with van der Waals surface area (Å²) in [4.78, 5) is 10.7. The Hall–Kier alpha value is -1.29. The number of aliphatic hydroxyl groups excluding tert-OH is 1. The van der Waals surface area contributed by atoms with E-state index in [1.165, 1.54) is 63.4 Å². The number of rotatable bonds is 7. The maximum Gasteiger partial charge on any atom is 0.306 e. The monoisotopic (exact) mass is 370 g/mol. The molecule has 2 aliphatic rings. The van der Waals surface area contributed by atoms with Crippen LogP contribution in [0.2, 0.25) is 5.82 Å². The normalized spacial score (nSPS) is 30.0. The summed E-state index contributed by atoms with van der Waals surface area (Å²) in [5.74, 6) is 2.84. The van der Waals surface area contributed by atoms with Crippen LogP contribution in [0.1, 0.15) is 81.4 Å². The molecule has 3 nitrogen and oxygen atoms in total. The number of hydrogen-bond acceptors (Lipinski definition) is 2. The molecule has 0 spiro atoms. The van der Waals surface area contributed by atoms with Crippen molar-refractivity contribution in [3.05, 3.63) is 35.4 Å². The van der Waals surface area contributed by atoms with E-state index in [2.05, 4.69) is 20.0 Å². The minimum Gasteiger partial charge on any atom is -0.481 e. The Morgan fingerprint density at radius 1 is 0.963 bits per heavy atom. The summed E-state index contributed by atoms with van der Waals surface area (Å²) in [6.45, 7) is 0. The molecular weight excluding hydrogens is 335 g/mol. The van der Waals surface area contributed by atoms with Gasteiger partial charge >= 0.3 is 5.97 Å². The van der Waals surface area contributed by atoms with Gasteiger partial charge in [0.1, 0.15) is 7.85 Å². The molecule has 0 heterocycles. The first-order chi connectivity index (χ1) is 13.0. The molecule has 0 radical (unpaired) electrons. The van der Waals surface area contributed by atoms with Crippen LogP contribution in [0.4, 0.5) is 0 Å². The average Bonchev–Trinajstić information content (AvgIpc) is 2.67. The second-order valence-electron chi connectivity index (χ2n) is 9.19. The van der Waals surface area contributed by atoms with E-state index in [-0.39, 0.29) is 6.42 Å². The Morgan fingerprint density at radius 2 is 1.52 bits per heavy atom. The van der Waals surface area contributed by atoms with E-state index in [4.69, 9.17) is 5.11 Å². The highest BCUT2D eigenvalue weighted by Crippen LogP contribution is 2.42. The molecule has 3 rings (SSSR count). The van der Waals surface area contributed by atoms with Gasteiger partial charge in [-0.25, -0.2) is 0 Å². The van der Waals surface area contributed by atoms with Crippen molar-refractivity contribution in [2.45, 2.75) is 82.6 Å². The number of hydrogen-bond donors (Lipinski definition) is 2. The molecule has 2 saturated carbocycles. The standard InChI is InChI=1S/C23H35BO3/c24-21-13-11-19(12-14-21)18-7-3-16(4-8-18)1-2-17-5-9-20(10-6-17)22(25)15-23(26)27/h5-6,9-10,16,18-19,21-22,25H,1-4,7-8,11-15,24H2,(H,26,27). The third-order valence-electron chi connectivity index (χ3n) is 7.19. The minimum atomic E-state index is -0.968. The Morgan fingerprint density at radius 3 is 2.07 bits per heavy atom. The molecule has 4 heteroatoms. The highest BCUT2D eigenvalue weighted by Gasteiger charge is 2.29. The van der Waals surface area contributed by atoms with Crippen molar-refractivity contribution in [3.8, 4) is 0 Å². The number of aryl methyl sites for hydroxylation is 1. The van der Waals surface area contributed by atoms with Gasteiger partial charge < -0.3 is 10.2 Å². The number of carboxylic acids is 1. The molecule has 0 amide bonds. The van der Waals surface area contributed by atoms with Crippen LogP contribution in [-0.2, 0) is 11.2 Å².